The molecule has 1 saturated heterocycles. The topological polar surface area (TPSA) is 84.8 Å². The van der Waals surface area contributed by atoms with Gasteiger partial charge in [-0.2, -0.15) is 0 Å². The number of nitrogens with zero attached hydrogens (tertiary/aromatic N) is 3. The van der Waals surface area contributed by atoms with Crippen molar-refractivity contribution in [2.45, 2.75) is 38.7 Å². The minimum atomic E-state index is -0.589. The summed E-state index contributed by atoms with van der Waals surface area (Å²) in [6.45, 7) is 6.55. The van der Waals surface area contributed by atoms with E-state index in [0.29, 0.717) is 41.3 Å². The maximum absolute atomic E-state index is 10.6. The van der Waals surface area contributed by atoms with E-state index >= 15 is 0 Å². The van der Waals surface area contributed by atoms with Crippen molar-refractivity contribution in [3.8, 4) is 17.4 Å². The van der Waals surface area contributed by atoms with Crippen LogP contribution < -0.4 is 4.74 Å². The van der Waals surface area contributed by atoms with Gasteiger partial charge >= 0.3 is 0 Å². The van der Waals surface area contributed by atoms with Crippen molar-refractivity contribution >= 4 is 35.0 Å². The highest BCUT2D eigenvalue weighted by atomic mass is 35.5. The normalized spacial score (nSPS) is 15.8. The number of aliphatic hydroxyl groups is 1. The van der Waals surface area contributed by atoms with Crippen molar-refractivity contribution in [3.63, 3.8) is 0 Å². The van der Waals surface area contributed by atoms with Crippen LogP contribution in [0.25, 0.3) is 22.6 Å². The number of likely N-dealkylation sites (tertiary alicyclic amines) is 1. The molecule has 1 fully saturated rings. The van der Waals surface area contributed by atoms with Gasteiger partial charge in [0.25, 0.3) is 5.89 Å². The lowest BCUT2D eigenvalue weighted by molar-refractivity contribution is 0.0599. The van der Waals surface area contributed by atoms with Gasteiger partial charge in [0.15, 0.2) is 5.76 Å². The second-order valence-corrected chi connectivity index (χ2v) is 9.38. The van der Waals surface area contributed by atoms with E-state index in [1.54, 1.807) is 6.92 Å². The maximum atomic E-state index is 10.6. The predicted molar refractivity (Wildman–Crippen MR) is 138 cm³/mol. The third kappa shape index (κ3) is 5.81. The van der Waals surface area contributed by atoms with Crippen molar-refractivity contribution in [2.24, 2.45) is 0 Å². The molecular formula is C26H29Cl2N3O4. The van der Waals surface area contributed by atoms with Crippen LogP contribution in [0.2, 0.25) is 5.02 Å². The van der Waals surface area contributed by atoms with E-state index in [9.17, 15) is 5.11 Å². The molecule has 4 aromatic rings. The summed E-state index contributed by atoms with van der Waals surface area (Å²) in [5.74, 6) is 2.49. The van der Waals surface area contributed by atoms with Gasteiger partial charge < -0.3 is 23.6 Å². The Morgan fingerprint density at radius 3 is 2.63 bits per heavy atom. The van der Waals surface area contributed by atoms with Gasteiger partial charge in [-0.05, 0) is 74.2 Å². The molecule has 9 heteroatoms. The van der Waals surface area contributed by atoms with Crippen molar-refractivity contribution < 1.29 is 18.7 Å². The van der Waals surface area contributed by atoms with Gasteiger partial charge in [0, 0.05) is 24.6 Å². The molecule has 0 unspecified atom stereocenters. The molecule has 0 saturated carbocycles. The van der Waals surface area contributed by atoms with Gasteiger partial charge in [-0.15, -0.1) is 22.6 Å². The molecule has 5 rings (SSSR count). The fraction of sp³-hybridized carbons (Fsp3) is 0.385. The first kappa shape index (κ1) is 25.5. The summed E-state index contributed by atoms with van der Waals surface area (Å²) in [4.78, 5) is 2.31. The Morgan fingerprint density at radius 1 is 1.11 bits per heavy atom. The number of fused-ring (bicyclic) bond motifs is 1. The van der Waals surface area contributed by atoms with E-state index < -0.39 is 6.10 Å². The first-order valence-electron chi connectivity index (χ1n) is 11.6. The number of halogens is 2. The zero-order chi connectivity index (χ0) is 23.7. The molecule has 1 atom stereocenters. The number of aliphatic hydroxyl groups excluding tert-OH is 1. The predicted octanol–water partition coefficient (Wildman–Crippen LogP) is 5.79. The van der Waals surface area contributed by atoms with E-state index in [-0.39, 0.29) is 19.0 Å². The maximum Gasteiger partial charge on any atom is 0.283 e. The van der Waals surface area contributed by atoms with Gasteiger partial charge in [-0.25, -0.2) is 0 Å². The van der Waals surface area contributed by atoms with Crippen molar-refractivity contribution in [1.82, 2.24) is 15.1 Å². The number of β-amino-alcohol motifs (C(OH)–C–C–N with tert-alkyl or cyclic N) is 1. The monoisotopic (exact) mass is 517 g/mol. The van der Waals surface area contributed by atoms with Crippen LogP contribution in [0.15, 0.2) is 51.3 Å². The first-order chi connectivity index (χ1) is 16.5. The van der Waals surface area contributed by atoms with E-state index in [2.05, 4.69) is 28.1 Å². The molecule has 2 aromatic heterocycles. The standard InChI is InChI=1S/C26H28ClN3O4.ClH/c1-16-12-19(27)6-7-21(16)18-8-10-30(11-9-18)14-20(31)15-32-23-4-3-5-24-22(23)13-25(34-24)26-29-28-17(2)33-26;/h3-7,12-13,18,20,31H,8-11,14-15H2,1-2H3;1H/t20-;/m0./s1. The van der Waals surface area contributed by atoms with Crippen LogP contribution in [0.4, 0.5) is 0 Å². The fourth-order valence-corrected chi connectivity index (χ4v) is 4.95. The Labute approximate surface area is 215 Å². The highest BCUT2D eigenvalue weighted by molar-refractivity contribution is 6.30. The van der Waals surface area contributed by atoms with E-state index in [1.165, 1.54) is 11.1 Å². The molecule has 35 heavy (non-hydrogen) atoms. The van der Waals surface area contributed by atoms with E-state index in [1.807, 2.05) is 36.4 Å². The van der Waals surface area contributed by atoms with Crippen molar-refractivity contribution in [3.05, 3.63) is 64.5 Å². The smallest absolute Gasteiger partial charge is 0.283 e. The molecule has 0 spiro atoms. The molecule has 1 aliphatic heterocycles. The van der Waals surface area contributed by atoms with Gasteiger partial charge in [0.05, 0.1) is 5.39 Å². The lowest BCUT2D eigenvalue weighted by atomic mass is 9.87. The van der Waals surface area contributed by atoms with Gasteiger partial charge in [-0.1, -0.05) is 23.7 Å². The average molecular weight is 518 g/mol. The Hall–Kier alpha value is -2.58. The second-order valence-electron chi connectivity index (χ2n) is 8.95. The van der Waals surface area contributed by atoms with Crippen LogP contribution in [-0.2, 0) is 0 Å². The molecule has 1 aliphatic rings. The highest BCUT2D eigenvalue weighted by Crippen LogP contribution is 2.34. The number of benzene rings is 2. The van der Waals surface area contributed by atoms with Gasteiger partial charge in [-0.3, -0.25) is 0 Å². The van der Waals surface area contributed by atoms with Gasteiger partial charge in [0.1, 0.15) is 24.0 Å². The SMILES string of the molecule is Cc1nnc(-c2cc3c(OC[C@@H](O)CN4CCC(c5ccc(Cl)cc5C)CC4)cccc3o2)o1.Cl. The molecule has 0 bridgehead atoms. The number of piperidine rings is 1. The minimum Gasteiger partial charge on any atom is -0.490 e. The zero-order valence-corrected chi connectivity index (χ0v) is 21.3. The minimum absolute atomic E-state index is 0. The third-order valence-electron chi connectivity index (χ3n) is 6.42. The molecule has 3 heterocycles. The number of aryl methyl sites for hydroxylation is 2. The van der Waals surface area contributed by atoms with Gasteiger partial charge in [0.2, 0.25) is 5.89 Å². The quantitative estimate of drug-likeness (QED) is 0.331. The Kier molecular flexibility index (Phi) is 8.02. The van der Waals surface area contributed by atoms with Crippen LogP contribution in [0.3, 0.4) is 0 Å². The summed E-state index contributed by atoms with van der Waals surface area (Å²) in [6.07, 6.45) is 1.55. The number of rotatable bonds is 7. The fourth-order valence-electron chi connectivity index (χ4n) is 4.72. The Balaban J connectivity index is 0.00000289. The largest absolute Gasteiger partial charge is 0.490 e. The Morgan fingerprint density at radius 2 is 1.91 bits per heavy atom. The van der Waals surface area contributed by atoms with Crippen LogP contribution in [0, 0.1) is 13.8 Å². The second kappa shape index (κ2) is 11.0. The third-order valence-corrected chi connectivity index (χ3v) is 6.65. The van der Waals surface area contributed by atoms with Crippen molar-refractivity contribution in [1.29, 1.82) is 0 Å². The number of furan rings is 1. The summed E-state index contributed by atoms with van der Waals surface area (Å²) in [5.41, 5.74) is 3.30. The van der Waals surface area contributed by atoms with Crippen LogP contribution in [0.1, 0.15) is 35.8 Å². The summed E-state index contributed by atoms with van der Waals surface area (Å²) in [5, 5.41) is 20.1. The molecule has 186 valence electrons. The van der Waals surface area contributed by atoms with E-state index in [0.717, 1.165) is 36.3 Å². The van der Waals surface area contributed by atoms with Crippen LogP contribution >= 0.6 is 24.0 Å². The summed E-state index contributed by atoms with van der Waals surface area (Å²) < 4.78 is 17.3. The lowest BCUT2D eigenvalue weighted by Crippen LogP contribution is -2.40. The van der Waals surface area contributed by atoms with Crippen LogP contribution in [0.5, 0.6) is 5.75 Å². The lowest BCUT2D eigenvalue weighted by Gasteiger charge is -2.33. The molecular weight excluding hydrogens is 489 g/mol. The molecule has 0 radical (unpaired) electrons. The Bertz CT molecular complexity index is 1280. The zero-order valence-electron chi connectivity index (χ0n) is 19.7. The molecule has 0 aliphatic carbocycles. The van der Waals surface area contributed by atoms with Crippen LogP contribution in [-0.4, -0.2) is 52.5 Å². The van der Waals surface area contributed by atoms with Crippen molar-refractivity contribution in [2.75, 3.05) is 26.2 Å². The first-order valence-corrected chi connectivity index (χ1v) is 12.0. The number of hydrogen-bond donors (Lipinski definition) is 1. The molecule has 1 N–H and O–H groups in total. The molecule has 2 aromatic carbocycles. The average Bonchev–Trinajstić information content (AvgIpc) is 3.45. The number of aromatic nitrogens is 2. The molecule has 0 amide bonds. The summed E-state index contributed by atoms with van der Waals surface area (Å²) in [6, 6.07) is 13.6. The summed E-state index contributed by atoms with van der Waals surface area (Å²) in [7, 11) is 0. The summed E-state index contributed by atoms with van der Waals surface area (Å²) >= 11 is 6.11. The number of ether oxygens (including phenoxy) is 1. The number of hydrogen-bond acceptors (Lipinski definition) is 7. The molecule has 7 nitrogen and oxygen atoms in total. The van der Waals surface area contributed by atoms with E-state index in [4.69, 9.17) is 25.2 Å². The highest BCUT2D eigenvalue weighted by Gasteiger charge is 2.24.